The van der Waals surface area contributed by atoms with Gasteiger partial charge in [-0.3, -0.25) is 4.79 Å². The van der Waals surface area contributed by atoms with Crippen LogP contribution in [-0.2, 0) is 28.8 Å². The molecule has 5 atom stereocenters. The summed E-state index contributed by atoms with van der Waals surface area (Å²) < 4.78 is 6.21. The van der Waals surface area contributed by atoms with Gasteiger partial charge >= 0.3 is 0 Å². The number of aliphatic hydroxyl groups is 2. The number of para-hydroxylation sites is 2. The predicted octanol–water partition coefficient (Wildman–Crippen LogP) is 4.02. The third-order valence-corrected chi connectivity index (χ3v) is 9.09. The fourth-order valence-corrected chi connectivity index (χ4v) is 6.51. The van der Waals surface area contributed by atoms with Gasteiger partial charge in [0.1, 0.15) is 18.0 Å². The van der Waals surface area contributed by atoms with Crippen molar-refractivity contribution in [1.29, 1.82) is 0 Å². The molecule has 1 aromatic heterocycles. The van der Waals surface area contributed by atoms with Crippen molar-refractivity contribution in [3.8, 4) is 0 Å². The van der Waals surface area contributed by atoms with Gasteiger partial charge in [-0.25, -0.2) is 4.98 Å². The largest absolute Gasteiger partial charge is 0.530 e. The molecule has 5 N–H and O–H groups in total. The summed E-state index contributed by atoms with van der Waals surface area (Å²) in [7, 11) is 0. The number of carbonyl (C=O) groups excluding carboxylic acids is 2. The predicted molar refractivity (Wildman–Crippen MR) is 201 cm³/mol. The molecule has 0 radical (unpaired) electrons. The number of nitrogens with zero attached hydrogens (tertiary/aromatic N) is 2. The Labute approximate surface area is 307 Å². The van der Waals surface area contributed by atoms with Crippen molar-refractivity contribution in [2.24, 2.45) is 5.41 Å². The van der Waals surface area contributed by atoms with E-state index in [4.69, 9.17) is 4.74 Å². The van der Waals surface area contributed by atoms with E-state index in [-0.39, 0.29) is 25.4 Å². The molecule has 3 aromatic carbocycles. The van der Waals surface area contributed by atoms with E-state index in [0.717, 1.165) is 28.0 Å². The average Bonchev–Trinajstić information content (AvgIpc) is 3.50. The molecule has 4 rings (SSSR count). The highest BCUT2D eigenvalue weighted by Crippen LogP contribution is 2.25. The lowest BCUT2D eigenvalue weighted by atomic mass is 9.88. The first kappa shape index (κ1) is 40.5. The van der Waals surface area contributed by atoms with Gasteiger partial charge in [-0.1, -0.05) is 93.6 Å². The summed E-state index contributed by atoms with van der Waals surface area (Å²) in [6.07, 6.45) is -2.35. The van der Waals surface area contributed by atoms with Gasteiger partial charge < -0.3 is 45.4 Å². The average molecular weight is 715 g/mol. The van der Waals surface area contributed by atoms with Gasteiger partial charge in [0.2, 0.25) is 5.91 Å². The highest BCUT2D eigenvalue weighted by atomic mass is 16.5. The molecule has 52 heavy (non-hydrogen) atoms. The van der Waals surface area contributed by atoms with E-state index < -0.39 is 47.4 Å². The van der Waals surface area contributed by atoms with E-state index in [1.165, 1.54) is 4.90 Å². The van der Waals surface area contributed by atoms with Gasteiger partial charge in [0.15, 0.2) is 0 Å². The summed E-state index contributed by atoms with van der Waals surface area (Å²) in [4.78, 5) is 35.3. The van der Waals surface area contributed by atoms with Crippen LogP contribution in [0.4, 0.5) is 4.79 Å². The van der Waals surface area contributed by atoms with Gasteiger partial charge in [0, 0.05) is 31.7 Å². The molecule has 0 aliphatic heterocycles. The zero-order chi connectivity index (χ0) is 37.9. The zero-order valence-electron chi connectivity index (χ0n) is 31.3. The monoisotopic (exact) mass is 714 g/mol. The molecule has 1 unspecified atom stereocenters. The summed E-state index contributed by atoms with van der Waals surface area (Å²) in [5.41, 5.74) is 2.34. The Hall–Kier alpha value is -4.29. The lowest BCUT2D eigenvalue weighted by Crippen LogP contribution is -2.62. The van der Waals surface area contributed by atoms with Gasteiger partial charge in [0.05, 0.1) is 35.3 Å². The van der Waals surface area contributed by atoms with Gasteiger partial charge in [-0.15, -0.1) is 0 Å². The maximum absolute atomic E-state index is 13.9. The first-order chi connectivity index (χ1) is 24.6. The summed E-state index contributed by atoms with van der Waals surface area (Å²) in [5, 5.41) is 41.4. The van der Waals surface area contributed by atoms with Crippen molar-refractivity contribution in [3.05, 3.63) is 102 Å². The topological polar surface area (TPSA) is 163 Å². The van der Waals surface area contributed by atoms with Crippen molar-refractivity contribution >= 4 is 23.0 Å². The second kappa shape index (κ2) is 18.5. The number of benzene rings is 3. The number of nitrogens with one attached hydrogen (secondary N) is 3. The Morgan fingerprint density at radius 3 is 2.00 bits per heavy atom. The van der Waals surface area contributed by atoms with E-state index >= 15 is 0 Å². The number of aromatic amines is 1. The second-order valence-corrected chi connectivity index (χ2v) is 15.6. The molecule has 0 fully saturated rings. The third kappa shape index (κ3) is 11.9. The van der Waals surface area contributed by atoms with E-state index in [2.05, 4.69) is 20.6 Å². The maximum atomic E-state index is 13.9. The number of amides is 2. The smallest absolute Gasteiger partial charge is 0.249 e. The number of fused-ring (bicyclic) bond motifs is 1. The second-order valence-electron chi connectivity index (χ2n) is 15.6. The van der Waals surface area contributed by atoms with Crippen LogP contribution in [0.25, 0.3) is 11.0 Å². The number of rotatable bonds is 18. The van der Waals surface area contributed by atoms with Crippen molar-refractivity contribution < 1.29 is 29.6 Å². The maximum Gasteiger partial charge on any atom is 0.249 e. The molecule has 0 aliphatic rings. The van der Waals surface area contributed by atoms with E-state index in [1.807, 2.05) is 106 Å². The fraction of sp³-hybridized carbons (Fsp3) is 0.488. The Kier molecular flexibility index (Phi) is 14.4. The molecule has 0 spiro atoms. The van der Waals surface area contributed by atoms with Crippen molar-refractivity contribution in [2.45, 2.75) is 103 Å². The molecule has 282 valence electrons. The third-order valence-electron chi connectivity index (χ3n) is 9.09. The standard InChI is InChI=1S/C41H57N5O6/c1-40(2,3)37(52-23-15-22-36-43-30-20-13-14-21-31(30)44-36)38(49)45-32(24-28-16-9-7-10-17-28)34(47)26-42-27-35(48)33(25-29-18-11-8-12-19-29)46(39(50)51)41(4,5)6/h7-14,16-21,32-35,37,42,47-48H,15,22-27H2,1-6H3,(H,43,44)(H,45,49)(H,50,51)/p-1/t32-,33-,34+,35+,37?/m0/s1. The summed E-state index contributed by atoms with van der Waals surface area (Å²) in [5.74, 6) is 0.538. The minimum Gasteiger partial charge on any atom is -0.530 e. The van der Waals surface area contributed by atoms with Crippen LogP contribution >= 0.6 is 0 Å². The van der Waals surface area contributed by atoms with Crippen LogP contribution in [0.5, 0.6) is 0 Å². The van der Waals surface area contributed by atoms with Crippen LogP contribution in [-0.4, -0.2) is 92.7 Å². The van der Waals surface area contributed by atoms with Crippen molar-refractivity contribution in [2.75, 3.05) is 19.7 Å². The number of H-pyrrole nitrogens is 1. The highest BCUT2D eigenvalue weighted by molar-refractivity contribution is 5.82. The molecule has 0 bridgehead atoms. The molecule has 1 heterocycles. The van der Waals surface area contributed by atoms with Crippen LogP contribution in [0, 0.1) is 5.41 Å². The molecule has 2 amide bonds. The summed E-state index contributed by atoms with van der Waals surface area (Å²) >= 11 is 0. The molecule has 0 saturated heterocycles. The van der Waals surface area contributed by atoms with Crippen LogP contribution in [0.3, 0.4) is 0 Å². The number of aryl methyl sites for hydroxylation is 1. The van der Waals surface area contributed by atoms with E-state index in [0.29, 0.717) is 25.9 Å². The number of aliphatic hydroxyl groups excluding tert-OH is 2. The minimum absolute atomic E-state index is 0.000614. The molecular formula is C41H56N5O6-. The van der Waals surface area contributed by atoms with Crippen LogP contribution in [0.15, 0.2) is 84.9 Å². The lowest BCUT2D eigenvalue weighted by Gasteiger charge is -2.45. The highest BCUT2D eigenvalue weighted by Gasteiger charge is 2.36. The fourth-order valence-electron chi connectivity index (χ4n) is 6.51. The molecule has 0 aliphatic carbocycles. The minimum atomic E-state index is -1.37. The van der Waals surface area contributed by atoms with Crippen LogP contribution in [0.2, 0.25) is 0 Å². The Bertz CT molecular complexity index is 1650. The SMILES string of the molecule is CC(C)(C)C(OCCCc1nc2ccccc2[nH]1)C(=O)N[C@@H](Cc1ccccc1)[C@H](O)CNC[C@@H](O)[C@H](Cc1ccccc1)N(C(=O)[O-])C(C)(C)C. The Balaban J connectivity index is 1.41. The number of carboxylic acid groups (broad SMARTS) is 1. The summed E-state index contributed by atoms with van der Waals surface area (Å²) in [6.45, 7) is 11.5. The number of carbonyl (C=O) groups is 2. The van der Waals surface area contributed by atoms with Gasteiger partial charge in [-0.05, 0) is 68.7 Å². The Morgan fingerprint density at radius 2 is 1.42 bits per heavy atom. The van der Waals surface area contributed by atoms with Gasteiger partial charge in [0.25, 0.3) is 0 Å². The molecule has 0 saturated carbocycles. The molecule has 11 nitrogen and oxygen atoms in total. The first-order valence-corrected chi connectivity index (χ1v) is 18.1. The lowest BCUT2D eigenvalue weighted by molar-refractivity contribution is -0.275. The normalized spacial score (nSPS) is 15.1. The van der Waals surface area contributed by atoms with Gasteiger partial charge in [-0.2, -0.15) is 0 Å². The number of aromatic nitrogens is 2. The molecule has 4 aromatic rings. The number of hydrogen-bond donors (Lipinski definition) is 5. The number of imidazole rings is 1. The van der Waals surface area contributed by atoms with E-state index in [1.54, 1.807) is 20.8 Å². The first-order valence-electron chi connectivity index (χ1n) is 18.1. The summed E-state index contributed by atoms with van der Waals surface area (Å²) in [6, 6.07) is 25.4. The van der Waals surface area contributed by atoms with E-state index in [9.17, 15) is 24.9 Å². The quantitative estimate of drug-likeness (QED) is 0.0966. The zero-order valence-corrected chi connectivity index (χ0v) is 31.3. The van der Waals surface area contributed by atoms with Crippen molar-refractivity contribution in [3.63, 3.8) is 0 Å². The van der Waals surface area contributed by atoms with Crippen molar-refractivity contribution in [1.82, 2.24) is 25.5 Å². The van der Waals surface area contributed by atoms with Crippen LogP contribution in [0.1, 0.15) is 64.9 Å². The molecule has 11 heteroatoms. The Morgan fingerprint density at radius 1 is 0.846 bits per heavy atom. The van der Waals surface area contributed by atoms with Crippen LogP contribution < -0.4 is 15.7 Å². The molecular weight excluding hydrogens is 658 g/mol. The number of ether oxygens (including phenoxy) is 1. The number of hydrogen-bond acceptors (Lipinski definition) is 8.